The van der Waals surface area contributed by atoms with E-state index in [-0.39, 0.29) is 11.8 Å². The first-order valence-corrected chi connectivity index (χ1v) is 9.59. The van der Waals surface area contributed by atoms with Gasteiger partial charge >= 0.3 is 6.03 Å². The number of hydrogen-bond donors (Lipinski definition) is 2. The number of piperidine rings is 1. The topological polar surface area (TPSA) is 44.4 Å². The Morgan fingerprint density at radius 2 is 2.07 bits per heavy atom. The Morgan fingerprint density at radius 1 is 1.26 bits per heavy atom. The van der Waals surface area contributed by atoms with Crippen LogP contribution in [0.5, 0.6) is 0 Å². The summed E-state index contributed by atoms with van der Waals surface area (Å²) < 4.78 is 13.5. The van der Waals surface area contributed by atoms with Gasteiger partial charge in [-0.25, -0.2) is 9.18 Å². The quantitative estimate of drug-likeness (QED) is 0.823. The molecule has 5 heteroatoms. The molecule has 0 aromatic heterocycles. The molecule has 1 heterocycles. The first-order chi connectivity index (χ1) is 13.0. The van der Waals surface area contributed by atoms with Crippen LogP contribution in [0.4, 0.5) is 14.9 Å². The van der Waals surface area contributed by atoms with Crippen molar-refractivity contribution in [1.29, 1.82) is 0 Å². The van der Waals surface area contributed by atoms with Crippen molar-refractivity contribution >= 4 is 11.7 Å². The Labute approximate surface area is 160 Å². The summed E-state index contributed by atoms with van der Waals surface area (Å²) in [5.74, 6) is 0.366. The fourth-order valence-electron chi connectivity index (χ4n) is 3.90. The molecular formula is C22H28FN3O. The van der Waals surface area contributed by atoms with E-state index in [0.29, 0.717) is 5.92 Å². The minimum Gasteiger partial charge on any atom is -0.341 e. The van der Waals surface area contributed by atoms with Gasteiger partial charge in [-0.1, -0.05) is 24.3 Å². The Hall–Kier alpha value is -2.40. The highest BCUT2D eigenvalue weighted by atomic mass is 19.1. The van der Waals surface area contributed by atoms with E-state index >= 15 is 0 Å². The smallest absolute Gasteiger partial charge is 0.318 e. The number of carbonyl (C=O) groups excluding carboxylic acids is 1. The molecule has 4 nitrogen and oxygen atoms in total. The fourth-order valence-corrected chi connectivity index (χ4v) is 3.90. The molecule has 1 unspecified atom stereocenters. The summed E-state index contributed by atoms with van der Waals surface area (Å²) in [6, 6.07) is 12.7. The molecule has 1 aliphatic heterocycles. The van der Waals surface area contributed by atoms with E-state index < -0.39 is 0 Å². The largest absolute Gasteiger partial charge is 0.341 e. The van der Waals surface area contributed by atoms with Gasteiger partial charge in [0.05, 0.1) is 0 Å². The van der Waals surface area contributed by atoms with Gasteiger partial charge in [-0.05, 0) is 73.5 Å². The number of carbonyl (C=O) groups is 1. The number of aryl methyl sites for hydroxylation is 1. The lowest BCUT2D eigenvalue weighted by atomic mass is 9.91. The summed E-state index contributed by atoms with van der Waals surface area (Å²) >= 11 is 0. The van der Waals surface area contributed by atoms with Crippen molar-refractivity contribution in [2.24, 2.45) is 5.92 Å². The molecule has 3 rings (SSSR count). The van der Waals surface area contributed by atoms with Crippen molar-refractivity contribution in [3.8, 4) is 0 Å². The minimum absolute atomic E-state index is 0.162. The zero-order chi connectivity index (χ0) is 19.2. The SMILES string of the molecule is CNC(=O)Nc1cccc(C)c1CN1CCCC(Cc2cccc(F)c2)C1. The molecule has 1 aliphatic rings. The summed E-state index contributed by atoms with van der Waals surface area (Å²) in [5, 5.41) is 5.54. The molecule has 2 aromatic carbocycles. The van der Waals surface area contributed by atoms with Gasteiger partial charge in [0.2, 0.25) is 0 Å². The number of halogens is 1. The summed E-state index contributed by atoms with van der Waals surface area (Å²) in [7, 11) is 1.62. The third-order valence-electron chi connectivity index (χ3n) is 5.28. The first kappa shape index (κ1) is 19.4. The van der Waals surface area contributed by atoms with Crippen LogP contribution in [0.25, 0.3) is 0 Å². The predicted molar refractivity (Wildman–Crippen MR) is 107 cm³/mol. The fraction of sp³-hybridized carbons (Fsp3) is 0.409. The lowest BCUT2D eigenvalue weighted by molar-refractivity contribution is 0.167. The van der Waals surface area contributed by atoms with Gasteiger partial charge in [-0.2, -0.15) is 0 Å². The van der Waals surface area contributed by atoms with Crippen LogP contribution >= 0.6 is 0 Å². The summed E-state index contributed by atoms with van der Waals surface area (Å²) in [5.41, 5.74) is 4.27. The van der Waals surface area contributed by atoms with E-state index in [0.717, 1.165) is 49.3 Å². The van der Waals surface area contributed by atoms with Crippen LogP contribution < -0.4 is 10.6 Å². The normalized spacial score (nSPS) is 17.5. The zero-order valence-electron chi connectivity index (χ0n) is 16.1. The lowest BCUT2D eigenvalue weighted by Crippen LogP contribution is -2.36. The van der Waals surface area contributed by atoms with Crippen molar-refractivity contribution in [2.45, 2.75) is 32.7 Å². The monoisotopic (exact) mass is 369 g/mol. The molecule has 2 aromatic rings. The first-order valence-electron chi connectivity index (χ1n) is 9.59. The summed E-state index contributed by atoms with van der Waals surface area (Å²) in [6.07, 6.45) is 3.22. The Kier molecular flexibility index (Phi) is 6.45. The van der Waals surface area contributed by atoms with E-state index in [2.05, 4.69) is 28.5 Å². The second-order valence-corrected chi connectivity index (χ2v) is 7.38. The molecule has 0 saturated carbocycles. The second-order valence-electron chi connectivity index (χ2n) is 7.38. The number of anilines is 1. The Balaban J connectivity index is 1.68. The predicted octanol–water partition coefficient (Wildman–Crippen LogP) is 4.34. The van der Waals surface area contributed by atoms with Gasteiger partial charge in [-0.3, -0.25) is 4.90 Å². The zero-order valence-corrected chi connectivity index (χ0v) is 16.1. The number of urea groups is 1. The van der Waals surface area contributed by atoms with Crippen molar-refractivity contribution in [1.82, 2.24) is 10.2 Å². The average molecular weight is 369 g/mol. The molecule has 0 aliphatic carbocycles. The number of hydrogen-bond acceptors (Lipinski definition) is 2. The van der Waals surface area contributed by atoms with Crippen LogP contribution in [0.2, 0.25) is 0 Å². The maximum absolute atomic E-state index is 13.5. The Bertz CT molecular complexity index is 793. The summed E-state index contributed by atoms with van der Waals surface area (Å²) in [6.45, 7) is 4.93. The van der Waals surface area contributed by atoms with Gasteiger partial charge in [0.25, 0.3) is 0 Å². The molecule has 2 amide bonds. The van der Waals surface area contributed by atoms with Crippen LogP contribution in [-0.2, 0) is 13.0 Å². The van der Waals surface area contributed by atoms with E-state index in [4.69, 9.17) is 0 Å². The molecule has 1 fully saturated rings. The standard InChI is InChI=1S/C22H28FN3O/c1-16-6-3-10-21(25-22(27)24-2)20(16)15-26-11-5-8-18(14-26)12-17-7-4-9-19(23)13-17/h3-4,6-7,9-10,13,18H,5,8,11-12,14-15H2,1-2H3,(H2,24,25,27). The van der Waals surface area contributed by atoms with Gasteiger partial charge in [0.15, 0.2) is 0 Å². The van der Waals surface area contributed by atoms with E-state index in [9.17, 15) is 9.18 Å². The molecule has 0 spiro atoms. The van der Waals surface area contributed by atoms with Crippen LogP contribution in [0.3, 0.4) is 0 Å². The number of nitrogens with zero attached hydrogens (tertiary/aromatic N) is 1. The number of likely N-dealkylation sites (tertiary alicyclic amines) is 1. The van der Waals surface area contributed by atoms with Crippen LogP contribution in [0.15, 0.2) is 42.5 Å². The van der Waals surface area contributed by atoms with Gasteiger partial charge < -0.3 is 10.6 Å². The van der Waals surface area contributed by atoms with Gasteiger partial charge in [0.1, 0.15) is 5.82 Å². The van der Waals surface area contributed by atoms with E-state index in [1.807, 2.05) is 18.2 Å². The molecular weight excluding hydrogens is 341 g/mol. The van der Waals surface area contributed by atoms with Crippen LogP contribution in [-0.4, -0.2) is 31.1 Å². The van der Waals surface area contributed by atoms with Gasteiger partial charge in [0, 0.05) is 25.8 Å². The number of nitrogens with one attached hydrogen (secondary N) is 2. The van der Waals surface area contributed by atoms with E-state index in [1.54, 1.807) is 19.2 Å². The Morgan fingerprint density at radius 3 is 2.85 bits per heavy atom. The van der Waals surface area contributed by atoms with Crippen LogP contribution in [0.1, 0.15) is 29.5 Å². The highest BCUT2D eigenvalue weighted by Gasteiger charge is 2.22. The third kappa shape index (κ3) is 5.30. The maximum Gasteiger partial charge on any atom is 0.318 e. The molecule has 2 N–H and O–H groups in total. The number of amides is 2. The molecule has 1 saturated heterocycles. The van der Waals surface area contributed by atoms with Crippen LogP contribution in [0, 0.1) is 18.7 Å². The molecule has 0 radical (unpaired) electrons. The second kappa shape index (κ2) is 9.00. The van der Waals surface area contributed by atoms with Gasteiger partial charge in [-0.15, -0.1) is 0 Å². The molecule has 144 valence electrons. The number of rotatable bonds is 5. The number of benzene rings is 2. The highest BCUT2D eigenvalue weighted by Crippen LogP contribution is 2.26. The molecule has 0 bridgehead atoms. The van der Waals surface area contributed by atoms with E-state index in [1.165, 1.54) is 18.1 Å². The molecule has 1 atom stereocenters. The maximum atomic E-state index is 13.5. The minimum atomic E-state index is -0.204. The highest BCUT2D eigenvalue weighted by molar-refractivity contribution is 5.90. The third-order valence-corrected chi connectivity index (χ3v) is 5.28. The van der Waals surface area contributed by atoms with Crippen molar-refractivity contribution < 1.29 is 9.18 Å². The lowest BCUT2D eigenvalue weighted by Gasteiger charge is -2.33. The summed E-state index contributed by atoms with van der Waals surface area (Å²) in [4.78, 5) is 14.2. The average Bonchev–Trinajstić information content (AvgIpc) is 2.65. The molecule has 27 heavy (non-hydrogen) atoms. The van der Waals surface area contributed by atoms with Crippen molar-refractivity contribution in [3.05, 3.63) is 65.0 Å². The van der Waals surface area contributed by atoms with Crippen molar-refractivity contribution in [3.63, 3.8) is 0 Å². The van der Waals surface area contributed by atoms with Crippen molar-refractivity contribution in [2.75, 3.05) is 25.5 Å².